The lowest BCUT2D eigenvalue weighted by atomic mass is 9.83. The van der Waals surface area contributed by atoms with Crippen LogP contribution < -0.4 is 5.32 Å². The molecule has 1 N–H and O–H groups in total. The molecule has 2 saturated carbocycles. The third kappa shape index (κ3) is 2.58. The van der Waals surface area contributed by atoms with E-state index < -0.39 is 10.6 Å². The number of thioether (sulfide) groups is 1. The summed E-state index contributed by atoms with van der Waals surface area (Å²) in [7, 11) is 0. The van der Waals surface area contributed by atoms with E-state index in [1.807, 2.05) is 6.26 Å². The van der Waals surface area contributed by atoms with E-state index >= 15 is 0 Å². The Hall–Kier alpha value is -1.96. The third-order valence-electron chi connectivity index (χ3n) is 4.84. The van der Waals surface area contributed by atoms with E-state index in [1.54, 1.807) is 16.8 Å². The molecular weight excluding hydrogens is 329 g/mol. The Labute approximate surface area is 143 Å². The van der Waals surface area contributed by atoms with E-state index in [9.17, 15) is 9.18 Å². The number of tetrazole rings is 1. The molecule has 1 aromatic carbocycles. The summed E-state index contributed by atoms with van der Waals surface area (Å²) in [6.07, 6.45) is 6.77. The van der Waals surface area contributed by atoms with Gasteiger partial charge in [-0.15, -0.1) is 16.9 Å². The van der Waals surface area contributed by atoms with Crippen LogP contribution in [0.5, 0.6) is 0 Å². The Morgan fingerprint density at radius 3 is 2.83 bits per heavy atom. The second-order valence-electron chi connectivity index (χ2n) is 6.39. The summed E-state index contributed by atoms with van der Waals surface area (Å²) in [6, 6.07) is 4.57. The predicted octanol–water partition coefficient (Wildman–Crippen LogP) is 2.90. The number of carbonyl (C=O) groups is 1. The molecule has 8 heteroatoms. The van der Waals surface area contributed by atoms with Crippen LogP contribution in [-0.2, 0) is 4.79 Å². The van der Waals surface area contributed by atoms with Gasteiger partial charge in [-0.2, -0.15) is 4.68 Å². The molecule has 0 saturated heterocycles. The second kappa shape index (κ2) is 5.84. The van der Waals surface area contributed by atoms with Gasteiger partial charge in [0, 0.05) is 5.92 Å². The van der Waals surface area contributed by atoms with Crippen LogP contribution in [0.3, 0.4) is 0 Å². The first-order chi connectivity index (χ1) is 11.6. The number of amides is 1. The van der Waals surface area contributed by atoms with Gasteiger partial charge in [-0.1, -0.05) is 0 Å². The largest absolute Gasteiger partial charge is 0.322 e. The highest BCUT2D eigenvalue weighted by Gasteiger charge is 2.43. The van der Waals surface area contributed by atoms with Crippen molar-refractivity contribution < 1.29 is 9.18 Å². The minimum absolute atomic E-state index is 0.128. The zero-order valence-electron chi connectivity index (χ0n) is 13.3. The number of nitrogens with one attached hydrogen (secondary N) is 1. The highest BCUT2D eigenvalue weighted by Crippen LogP contribution is 2.44. The van der Waals surface area contributed by atoms with Crippen molar-refractivity contribution in [2.45, 2.75) is 42.8 Å². The van der Waals surface area contributed by atoms with Gasteiger partial charge in [0.25, 0.3) is 0 Å². The van der Waals surface area contributed by atoms with E-state index in [4.69, 9.17) is 0 Å². The van der Waals surface area contributed by atoms with E-state index in [0.29, 0.717) is 11.6 Å². The molecule has 24 heavy (non-hydrogen) atoms. The molecule has 126 valence electrons. The van der Waals surface area contributed by atoms with Gasteiger partial charge >= 0.3 is 0 Å². The van der Waals surface area contributed by atoms with Crippen LogP contribution in [0, 0.1) is 5.82 Å². The number of carbonyl (C=O) groups excluding carboxylic acids is 1. The molecule has 0 aliphatic heterocycles. The van der Waals surface area contributed by atoms with Crippen LogP contribution in [-0.4, -0.2) is 37.1 Å². The standard InChI is InChI=1S/C16H18FN5OS/c1-24-16(7-2-8-16)15(23)18-13-9-11(5-6-12(13)17)22-14(10-3-4-10)19-20-21-22/h5-6,9-10H,2-4,7-8H2,1H3,(H,18,23). The SMILES string of the molecule is CSC1(C(=O)Nc2cc(-n3nnnc3C3CC3)ccc2F)CCC1. The van der Waals surface area contributed by atoms with Gasteiger partial charge in [-0.05, 0) is 67.0 Å². The molecule has 6 nitrogen and oxygen atoms in total. The molecule has 0 radical (unpaired) electrons. The van der Waals surface area contributed by atoms with E-state index in [1.165, 1.54) is 17.8 Å². The molecule has 4 rings (SSSR count). The maximum Gasteiger partial charge on any atom is 0.240 e. The van der Waals surface area contributed by atoms with Crippen LogP contribution in [0.25, 0.3) is 5.69 Å². The summed E-state index contributed by atoms with van der Waals surface area (Å²) in [5, 5.41) is 14.5. The molecule has 2 aliphatic rings. The Balaban J connectivity index is 1.62. The zero-order chi connectivity index (χ0) is 16.7. The third-order valence-corrected chi connectivity index (χ3v) is 6.22. The fraction of sp³-hybridized carbons (Fsp3) is 0.500. The molecule has 0 atom stereocenters. The van der Waals surface area contributed by atoms with Crippen LogP contribution in [0.4, 0.5) is 10.1 Å². The first-order valence-corrected chi connectivity index (χ1v) is 9.30. The number of hydrogen-bond acceptors (Lipinski definition) is 5. The van der Waals surface area contributed by atoms with Crippen molar-refractivity contribution in [3.8, 4) is 5.69 Å². The fourth-order valence-corrected chi connectivity index (χ4v) is 3.91. The number of anilines is 1. The zero-order valence-corrected chi connectivity index (χ0v) is 14.1. The Morgan fingerprint density at radius 2 is 2.21 bits per heavy atom. The molecule has 0 unspecified atom stereocenters. The van der Waals surface area contributed by atoms with Crippen molar-refractivity contribution >= 4 is 23.4 Å². The monoisotopic (exact) mass is 347 g/mol. The number of rotatable bonds is 5. The Kier molecular flexibility index (Phi) is 3.79. The fourth-order valence-electron chi connectivity index (χ4n) is 2.97. The first-order valence-electron chi connectivity index (χ1n) is 8.08. The number of halogens is 1. The molecule has 1 aromatic heterocycles. The number of benzene rings is 1. The topological polar surface area (TPSA) is 72.7 Å². The molecule has 0 spiro atoms. The normalized spacial score (nSPS) is 18.9. The number of nitrogens with zero attached hydrogens (tertiary/aromatic N) is 4. The molecule has 2 aliphatic carbocycles. The first kappa shape index (κ1) is 15.6. The summed E-state index contributed by atoms with van der Waals surface area (Å²) < 4.78 is 15.4. The van der Waals surface area contributed by atoms with E-state index in [2.05, 4.69) is 20.8 Å². The highest BCUT2D eigenvalue weighted by atomic mass is 32.2. The smallest absolute Gasteiger partial charge is 0.240 e. The maximum atomic E-state index is 14.2. The van der Waals surface area contributed by atoms with Gasteiger partial charge in [-0.25, -0.2) is 4.39 Å². The Morgan fingerprint density at radius 1 is 1.42 bits per heavy atom. The summed E-state index contributed by atoms with van der Waals surface area (Å²) in [6.45, 7) is 0. The van der Waals surface area contributed by atoms with E-state index in [0.717, 1.165) is 37.9 Å². The Bertz CT molecular complexity index is 779. The minimum atomic E-state index is -0.455. The van der Waals surface area contributed by atoms with Crippen molar-refractivity contribution in [2.24, 2.45) is 0 Å². The molecule has 2 fully saturated rings. The lowest BCUT2D eigenvalue weighted by Gasteiger charge is -2.38. The van der Waals surface area contributed by atoms with Crippen molar-refractivity contribution in [3.05, 3.63) is 29.8 Å². The highest BCUT2D eigenvalue weighted by molar-refractivity contribution is 8.00. The lowest BCUT2D eigenvalue weighted by Crippen LogP contribution is -2.45. The van der Waals surface area contributed by atoms with Crippen molar-refractivity contribution in [1.82, 2.24) is 20.2 Å². The van der Waals surface area contributed by atoms with Crippen molar-refractivity contribution in [2.75, 3.05) is 11.6 Å². The lowest BCUT2D eigenvalue weighted by molar-refractivity contribution is -0.120. The van der Waals surface area contributed by atoms with Gasteiger partial charge in [0.05, 0.1) is 16.1 Å². The average molecular weight is 347 g/mol. The summed E-state index contributed by atoms with van der Waals surface area (Å²) in [5.74, 6) is 0.580. The molecule has 2 aromatic rings. The van der Waals surface area contributed by atoms with Gasteiger partial charge in [-0.3, -0.25) is 4.79 Å². The summed E-state index contributed by atoms with van der Waals surface area (Å²) in [4.78, 5) is 12.5. The summed E-state index contributed by atoms with van der Waals surface area (Å²) >= 11 is 1.54. The van der Waals surface area contributed by atoms with Gasteiger partial charge < -0.3 is 5.32 Å². The molecule has 1 heterocycles. The van der Waals surface area contributed by atoms with Gasteiger partial charge in [0.15, 0.2) is 5.82 Å². The van der Waals surface area contributed by atoms with Gasteiger partial charge in [0.1, 0.15) is 5.82 Å². The van der Waals surface area contributed by atoms with Crippen molar-refractivity contribution in [1.29, 1.82) is 0 Å². The van der Waals surface area contributed by atoms with Crippen LogP contribution in [0.2, 0.25) is 0 Å². The number of aromatic nitrogens is 4. The summed E-state index contributed by atoms with van der Waals surface area (Å²) in [5.41, 5.74) is 0.834. The minimum Gasteiger partial charge on any atom is -0.322 e. The molecule has 0 bridgehead atoms. The van der Waals surface area contributed by atoms with E-state index in [-0.39, 0.29) is 11.6 Å². The second-order valence-corrected chi connectivity index (χ2v) is 7.58. The van der Waals surface area contributed by atoms with Crippen LogP contribution >= 0.6 is 11.8 Å². The predicted molar refractivity (Wildman–Crippen MR) is 89.8 cm³/mol. The molecule has 1 amide bonds. The van der Waals surface area contributed by atoms with Crippen LogP contribution in [0.1, 0.15) is 43.8 Å². The number of hydrogen-bond donors (Lipinski definition) is 1. The maximum absolute atomic E-state index is 14.2. The van der Waals surface area contributed by atoms with Crippen LogP contribution in [0.15, 0.2) is 18.2 Å². The van der Waals surface area contributed by atoms with Gasteiger partial charge in [0.2, 0.25) is 5.91 Å². The van der Waals surface area contributed by atoms with Crippen molar-refractivity contribution in [3.63, 3.8) is 0 Å². The quantitative estimate of drug-likeness (QED) is 0.900. The molecular formula is C16H18FN5OS. The average Bonchev–Trinajstić information content (AvgIpc) is 3.26.